The summed E-state index contributed by atoms with van der Waals surface area (Å²) < 4.78 is 6.06. The number of H-pyrrole nitrogens is 1. The summed E-state index contributed by atoms with van der Waals surface area (Å²) in [5, 5.41) is 4.84. The standard InChI is InChI=1S/C14H16N4O4S/c1-3-10(23-13-14(21)22-17-18(13)2)12(20)16-9-7-5-4-6-8(9)11(15)19/h4-7,10H,3H2,1-2H3,(H3-,15,16,17,19,20,21)/p+1. The van der Waals surface area contributed by atoms with E-state index in [2.05, 4.69) is 15.1 Å². The van der Waals surface area contributed by atoms with Crippen molar-refractivity contribution in [1.29, 1.82) is 0 Å². The molecular weight excluding hydrogens is 320 g/mol. The first kappa shape index (κ1) is 16.8. The fourth-order valence-corrected chi connectivity index (χ4v) is 2.87. The van der Waals surface area contributed by atoms with Gasteiger partial charge in [0.05, 0.1) is 16.5 Å². The molecule has 4 N–H and O–H groups in total. The monoisotopic (exact) mass is 337 g/mol. The second-order valence-corrected chi connectivity index (χ2v) is 5.95. The summed E-state index contributed by atoms with van der Waals surface area (Å²) in [5.74, 6) is -0.953. The lowest BCUT2D eigenvalue weighted by Gasteiger charge is -2.13. The second-order valence-electron chi connectivity index (χ2n) is 4.76. The molecule has 0 saturated carbocycles. The quantitative estimate of drug-likeness (QED) is 0.520. The smallest absolute Gasteiger partial charge is 0.366 e. The molecule has 9 heteroatoms. The van der Waals surface area contributed by atoms with Crippen molar-refractivity contribution in [2.75, 3.05) is 5.32 Å². The first-order chi connectivity index (χ1) is 10.9. The summed E-state index contributed by atoms with van der Waals surface area (Å²) in [6.45, 7) is 1.82. The van der Waals surface area contributed by atoms with E-state index in [-0.39, 0.29) is 16.5 Å². The minimum atomic E-state index is -0.626. The molecule has 2 aromatic rings. The summed E-state index contributed by atoms with van der Waals surface area (Å²) in [5.41, 5.74) is 5.32. The van der Waals surface area contributed by atoms with Crippen LogP contribution < -0.4 is 21.4 Å². The van der Waals surface area contributed by atoms with Crippen LogP contribution in [0.1, 0.15) is 23.7 Å². The van der Waals surface area contributed by atoms with Gasteiger partial charge in [-0.2, -0.15) is 0 Å². The van der Waals surface area contributed by atoms with Gasteiger partial charge in [0.2, 0.25) is 5.91 Å². The summed E-state index contributed by atoms with van der Waals surface area (Å²) in [6.07, 6.45) is 0.486. The molecule has 23 heavy (non-hydrogen) atoms. The Kier molecular flexibility index (Phi) is 5.22. The third-order valence-corrected chi connectivity index (χ3v) is 4.62. The molecule has 1 unspecified atom stereocenters. The van der Waals surface area contributed by atoms with Crippen molar-refractivity contribution in [2.45, 2.75) is 23.6 Å². The number of amides is 2. The molecule has 122 valence electrons. The zero-order valence-electron chi connectivity index (χ0n) is 12.7. The van der Waals surface area contributed by atoms with Gasteiger partial charge in [-0.3, -0.25) is 14.1 Å². The highest BCUT2D eigenvalue weighted by Crippen LogP contribution is 2.22. The maximum atomic E-state index is 12.4. The summed E-state index contributed by atoms with van der Waals surface area (Å²) in [6, 6.07) is 6.48. The summed E-state index contributed by atoms with van der Waals surface area (Å²) in [4.78, 5) is 35.4. The van der Waals surface area contributed by atoms with Gasteiger partial charge in [0, 0.05) is 0 Å². The van der Waals surface area contributed by atoms with E-state index in [0.717, 1.165) is 11.8 Å². The number of nitrogens with two attached hydrogens (primary N) is 1. The van der Waals surface area contributed by atoms with Crippen LogP contribution in [-0.2, 0) is 11.8 Å². The van der Waals surface area contributed by atoms with Crippen molar-refractivity contribution in [2.24, 2.45) is 12.8 Å². The van der Waals surface area contributed by atoms with Crippen LogP contribution >= 0.6 is 11.8 Å². The highest BCUT2D eigenvalue weighted by atomic mass is 32.2. The van der Waals surface area contributed by atoms with Crippen LogP contribution in [0.25, 0.3) is 0 Å². The van der Waals surface area contributed by atoms with Gasteiger partial charge < -0.3 is 11.1 Å². The largest absolute Gasteiger partial charge is 0.441 e. The molecule has 0 bridgehead atoms. The van der Waals surface area contributed by atoms with Crippen LogP contribution in [0.3, 0.4) is 0 Å². The predicted octanol–water partition coefficient (Wildman–Crippen LogP) is 0.401. The molecule has 0 spiro atoms. The average molecular weight is 337 g/mol. The zero-order chi connectivity index (χ0) is 17.0. The predicted molar refractivity (Wildman–Crippen MR) is 84.0 cm³/mol. The van der Waals surface area contributed by atoms with Crippen LogP contribution in [-0.4, -0.2) is 22.3 Å². The summed E-state index contributed by atoms with van der Waals surface area (Å²) >= 11 is 1.09. The highest BCUT2D eigenvalue weighted by Gasteiger charge is 2.27. The fourth-order valence-electron chi connectivity index (χ4n) is 1.94. The van der Waals surface area contributed by atoms with Crippen molar-refractivity contribution < 1.29 is 18.8 Å². The third-order valence-electron chi connectivity index (χ3n) is 3.12. The minimum absolute atomic E-state index is 0.229. The van der Waals surface area contributed by atoms with Gasteiger partial charge in [-0.1, -0.05) is 23.7 Å². The molecule has 0 aliphatic carbocycles. The zero-order valence-corrected chi connectivity index (χ0v) is 13.5. The van der Waals surface area contributed by atoms with E-state index in [0.29, 0.717) is 12.1 Å². The van der Waals surface area contributed by atoms with E-state index in [1.165, 1.54) is 10.7 Å². The average Bonchev–Trinajstić information content (AvgIpc) is 2.84. The van der Waals surface area contributed by atoms with E-state index in [9.17, 15) is 14.4 Å². The first-order valence-electron chi connectivity index (χ1n) is 6.87. The van der Waals surface area contributed by atoms with Crippen molar-refractivity contribution in [3.05, 3.63) is 40.2 Å². The fraction of sp³-hybridized carbons (Fsp3) is 0.286. The van der Waals surface area contributed by atoms with Crippen molar-refractivity contribution in [3.63, 3.8) is 0 Å². The van der Waals surface area contributed by atoms with Gasteiger partial charge >= 0.3 is 10.7 Å². The molecule has 0 aliphatic rings. The number of carbonyl (C=O) groups excluding carboxylic acids is 2. The van der Waals surface area contributed by atoms with Gasteiger partial charge in [-0.25, -0.2) is 4.79 Å². The second kappa shape index (κ2) is 7.14. The maximum absolute atomic E-state index is 12.4. The molecule has 1 heterocycles. The van der Waals surface area contributed by atoms with E-state index in [4.69, 9.17) is 5.73 Å². The molecule has 8 nitrogen and oxygen atoms in total. The number of hydrogen-bond donors (Lipinski definition) is 3. The number of carbonyl (C=O) groups is 2. The molecular formula is C14H17N4O4S+. The Labute approximate surface area is 136 Å². The molecule has 1 atom stereocenters. The van der Waals surface area contributed by atoms with Crippen LogP contribution in [0.2, 0.25) is 0 Å². The number of primary amides is 1. The molecule has 1 aromatic heterocycles. The van der Waals surface area contributed by atoms with E-state index >= 15 is 0 Å². The van der Waals surface area contributed by atoms with Crippen molar-refractivity contribution in [3.8, 4) is 0 Å². The molecule has 0 radical (unpaired) electrons. The summed E-state index contributed by atoms with van der Waals surface area (Å²) in [7, 11) is 1.61. The molecule has 1 aromatic carbocycles. The van der Waals surface area contributed by atoms with Gasteiger partial charge in [-0.05, 0) is 35.6 Å². The Hall–Kier alpha value is -2.55. The lowest BCUT2D eigenvalue weighted by molar-refractivity contribution is -0.772. The number of aromatic amines is 1. The molecule has 2 amide bonds. The molecule has 0 fully saturated rings. The number of aryl methyl sites for hydroxylation is 1. The van der Waals surface area contributed by atoms with Crippen molar-refractivity contribution in [1.82, 2.24) is 5.27 Å². The number of thioether (sulfide) groups is 1. The number of nitrogens with one attached hydrogen (secondary N) is 2. The van der Waals surface area contributed by atoms with E-state index in [1.807, 2.05) is 6.92 Å². The van der Waals surface area contributed by atoms with Crippen LogP contribution in [0.5, 0.6) is 0 Å². The Morgan fingerprint density at radius 2 is 2.13 bits per heavy atom. The Morgan fingerprint density at radius 1 is 1.43 bits per heavy atom. The Balaban J connectivity index is 2.18. The lowest BCUT2D eigenvalue weighted by atomic mass is 10.1. The van der Waals surface area contributed by atoms with Crippen LogP contribution in [0, 0.1) is 0 Å². The van der Waals surface area contributed by atoms with Crippen LogP contribution in [0.15, 0.2) is 38.6 Å². The minimum Gasteiger partial charge on any atom is -0.366 e. The first-order valence-corrected chi connectivity index (χ1v) is 7.75. The topological polar surface area (TPSA) is 122 Å². The van der Waals surface area contributed by atoms with Gasteiger partial charge in [0.15, 0.2) is 7.05 Å². The number of nitrogens with zero attached hydrogens (tertiary/aromatic N) is 1. The number of aromatic nitrogens is 2. The Morgan fingerprint density at radius 3 is 2.70 bits per heavy atom. The SMILES string of the molecule is CCC(Sc1c(=O)o[nH][n+]1C)C(=O)Nc1ccccc1C(N)=O. The van der Waals surface area contributed by atoms with Gasteiger partial charge in [0.25, 0.3) is 5.91 Å². The van der Waals surface area contributed by atoms with Crippen molar-refractivity contribution >= 4 is 29.3 Å². The van der Waals surface area contributed by atoms with E-state index < -0.39 is 16.8 Å². The molecule has 0 saturated heterocycles. The lowest BCUT2D eigenvalue weighted by Crippen LogP contribution is -2.36. The van der Waals surface area contributed by atoms with E-state index in [1.54, 1.807) is 25.2 Å². The molecule has 2 rings (SSSR count). The van der Waals surface area contributed by atoms with Gasteiger partial charge in [0.1, 0.15) is 0 Å². The maximum Gasteiger partial charge on any atom is 0.441 e. The van der Waals surface area contributed by atoms with Crippen LogP contribution in [0.4, 0.5) is 5.69 Å². The highest BCUT2D eigenvalue weighted by molar-refractivity contribution is 8.00. The number of rotatable bonds is 6. The normalized spacial score (nSPS) is 11.9. The Bertz CT molecular complexity index is 783. The van der Waals surface area contributed by atoms with Gasteiger partial charge in [-0.15, -0.1) is 0 Å². The molecule has 0 aliphatic heterocycles. The number of hydrogen-bond acceptors (Lipinski definition) is 5. The number of para-hydroxylation sites is 1. The number of anilines is 1. The number of benzene rings is 1. The third kappa shape index (κ3) is 3.81.